The molecule has 0 aliphatic carbocycles. The van der Waals surface area contributed by atoms with Crippen LogP contribution in [-0.4, -0.2) is 29.2 Å². The monoisotopic (exact) mass is 339 g/mol. The number of pyridine rings is 1. The van der Waals surface area contributed by atoms with E-state index in [9.17, 15) is 0 Å². The zero-order valence-electron chi connectivity index (χ0n) is 13.8. The van der Waals surface area contributed by atoms with Gasteiger partial charge in [-0.15, -0.1) is 0 Å². The second-order valence-corrected chi connectivity index (χ2v) is 4.92. The molecule has 3 aromatic rings. The van der Waals surface area contributed by atoms with Crippen LogP contribution in [0.5, 0.6) is 23.1 Å². The van der Waals surface area contributed by atoms with Gasteiger partial charge in [0.2, 0.25) is 5.88 Å². The summed E-state index contributed by atoms with van der Waals surface area (Å²) in [5, 5.41) is 3.12. The van der Waals surface area contributed by atoms with Crippen molar-refractivity contribution in [3.05, 3.63) is 49.1 Å². The standard InChI is InChI=1S/C17H17N5O3/c1-23-11-5-6-13(14(8-11)24-2)22-16-15(18)17(21-10-20-16)25-12-4-3-7-19-9-12/h3-10H,18H2,1-2H3,(H,20,21,22). The van der Waals surface area contributed by atoms with Crippen LogP contribution < -0.4 is 25.3 Å². The van der Waals surface area contributed by atoms with Crippen LogP contribution in [0, 0.1) is 0 Å². The molecule has 8 nitrogen and oxygen atoms in total. The maximum Gasteiger partial charge on any atom is 0.248 e. The maximum absolute atomic E-state index is 6.13. The lowest BCUT2D eigenvalue weighted by molar-refractivity contribution is 0.395. The molecule has 3 rings (SSSR count). The van der Waals surface area contributed by atoms with Crippen LogP contribution in [0.1, 0.15) is 0 Å². The molecule has 0 bridgehead atoms. The number of nitrogens with zero attached hydrogens (tertiary/aromatic N) is 3. The molecule has 0 unspecified atom stereocenters. The first-order valence-electron chi connectivity index (χ1n) is 7.38. The minimum Gasteiger partial charge on any atom is -0.497 e. The number of nitrogens with two attached hydrogens (primary N) is 1. The molecule has 0 atom stereocenters. The lowest BCUT2D eigenvalue weighted by Gasteiger charge is -2.14. The minimum absolute atomic E-state index is 0.234. The molecule has 0 amide bonds. The largest absolute Gasteiger partial charge is 0.497 e. The lowest BCUT2D eigenvalue weighted by Crippen LogP contribution is -2.04. The quantitative estimate of drug-likeness (QED) is 0.706. The third-order valence-corrected chi connectivity index (χ3v) is 3.36. The average Bonchev–Trinajstić information content (AvgIpc) is 2.66. The van der Waals surface area contributed by atoms with E-state index in [4.69, 9.17) is 19.9 Å². The highest BCUT2D eigenvalue weighted by Gasteiger charge is 2.13. The predicted molar refractivity (Wildman–Crippen MR) is 93.6 cm³/mol. The Balaban J connectivity index is 1.87. The number of hydrogen-bond acceptors (Lipinski definition) is 8. The second kappa shape index (κ2) is 7.35. The number of benzene rings is 1. The van der Waals surface area contributed by atoms with Gasteiger partial charge in [-0.1, -0.05) is 0 Å². The van der Waals surface area contributed by atoms with E-state index in [1.165, 1.54) is 6.33 Å². The van der Waals surface area contributed by atoms with Crippen molar-refractivity contribution in [3.8, 4) is 23.1 Å². The Hall–Kier alpha value is -3.55. The number of methoxy groups -OCH3 is 2. The molecule has 25 heavy (non-hydrogen) atoms. The third-order valence-electron chi connectivity index (χ3n) is 3.36. The number of hydrogen-bond donors (Lipinski definition) is 2. The summed E-state index contributed by atoms with van der Waals surface area (Å²) in [7, 11) is 3.16. The highest BCUT2D eigenvalue weighted by Crippen LogP contribution is 2.35. The lowest BCUT2D eigenvalue weighted by atomic mass is 10.2. The molecule has 0 radical (unpaired) electrons. The van der Waals surface area contributed by atoms with Gasteiger partial charge in [-0.05, 0) is 24.3 Å². The minimum atomic E-state index is 0.234. The van der Waals surface area contributed by atoms with E-state index in [1.54, 1.807) is 56.9 Å². The van der Waals surface area contributed by atoms with Crippen molar-refractivity contribution >= 4 is 17.2 Å². The van der Waals surface area contributed by atoms with Gasteiger partial charge in [0.15, 0.2) is 5.82 Å². The van der Waals surface area contributed by atoms with Crippen molar-refractivity contribution < 1.29 is 14.2 Å². The van der Waals surface area contributed by atoms with Crippen molar-refractivity contribution in [3.63, 3.8) is 0 Å². The van der Waals surface area contributed by atoms with Crippen molar-refractivity contribution in [2.24, 2.45) is 0 Å². The topological polar surface area (TPSA) is 104 Å². The molecule has 3 N–H and O–H groups in total. The van der Waals surface area contributed by atoms with Crippen molar-refractivity contribution in [2.75, 3.05) is 25.3 Å². The molecule has 2 heterocycles. The van der Waals surface area contributed by atoms with E-state index >= 15 is 0 Å². The Bertz CT molecular complexity index is 858. The number of nitrogens with one attached hydrogen (secondary N) is 1. The third kappa shape index (κ3) is 3.69. The van der Waals surface area contributed by atoms with Crippen LogP contribution in [0.25, 0.3) is 0 Å². The molecule has 2 aromatic heterocycles. The molecule has 0 fully saturated rings. The molecular weight excluding hydrogens is 322 g/mol. The van der Waals surface area contributed by atoms with Crippen molar-refractivity contribution in [1.29, 1.82) is 0 Å². The first-order chi connectivity index (χ1) is 12.2. The van der Waals surface area contributed by atoms with Crippen LogP contribution >= 0.6 is 0 Å². The van der Waals surface area contributed by atoms with Gasteiger partial charge in [0, 0.05) is 12.3 Å². The Morgan fingerprint density at radius 1 is 1.04 bits per heavy atom. The molecular formula is C17H17N5O3. The summed E-state index contributed by atoms with van der Waals surface area (Å²) < 4.78 is 16.2. The first kappa shape index (κ1) is 16.3. The molecule has 0 saturated carbocycles. The molecule has 1 aromatic carbocycles. The van der Waals surface area contributed by atoms with Crippen LogP contribution in [0.4, 0.5) is 17.2 Å². The summed E-state index contributed by atoms with van der Waals surface area (Å²) in [5.74, 6) is 2.43. The van der Waals surface area contributed by atoms with E-state index in [2.05, 4.69) is 20.3 Å². The van der Waals surface area contributed by atoms with E-state index < -0.39 is 0 Å². The fourth-order valence-corrected chi connectivity index (χ4v) is 2.11. The van der Waals surface area contributed by atoms with Crippen LogP contribution in [0.3, 0.4) is 0 Å². The van der Waals surface area contributed by atoms with Gasteiger partial charge < -0.3 is 25.3 Å². The molecule has 128 valence electrons. The summed E-state index contributed by atoms with van der Waals surface area (Å²) in [6.45, 7) is 0. The zero-order chi connectivity index (χ0) is 17.6. The number of aromatic nitrogens is 3. The number of rotatable bonds is 6. The van der Waals surface area contributed by atoms with Crippen LogP contribution in [-0.2, 0) is 0 Å². The SMILES string of the molecule is COc1ccc(Nc2ncnc(Oc3cccnc3)c2N)c(OC)c1. The predicted octanol–water partition coefficient (Wildman–Crippen LogP) is 3.01. The van der Waals surface area contributed by atoms with Gasteiger partial charge in [0.1, 0.15) is 29.3 Å². The summed E-state index contributed by atoms with van der Waals surface area (Å²) in [6.07, 6.45) is 4.58. The maximum atomic E-state index is 6.13. The van der Waals surface area contributed by atoms with Gasteiger partial charge in [-0.2, -0.15) is 4.98 Å². The summed E-state index contributed by atoms with van der Waals surface area (Å²) in [5.41, 5.74) is 7.08. The zero-order valence-corrected chi connectivity index (χ0v) is 13.8. The summed E-state index contributed by atoms with van der Waals surface area (Å²) in [4.78, 5) is 12.2. The number of nitrogen functional groups attached to an aromatic ring is 1. The molecule has 0 spiro atoms. The highest BCUT2D eigenvalue weighted by atomic mass is 16.5. The number of anilines is 3. The fraction of sp³-hybridized carbons (Fsp3) is 0.118. The Morgan fingerprint density at radius 3 is 2.64 bits per heavy atom. The normalized spacial score (nSPS) is 10.2. The van der Waals surface area contributed by atoms with E-state index in [0.717, 1.165) is 0 Å². The average molecular weight is 339 g/mol. The Morgan fingerprint density at radius 2 is 1.92 bits per heavy atom. The van der Waals surface area contributed by atoms with E-state index in [0.29, 0.717) is 28.8 Å². The second-order valence-electron chi connectivity index (χ2n) is 4.92. The highest BCUT2D eigenvalue weighted by molar-refractivity contribution is 5.75. The molecule has 0 saturated heterocycles. The van der Waals surface area contributed by atoms with E-state index in [1.807, 2.05) is 0 Å². The van der Waals surface area contributed by atoms with Gasteiger partial charge in [0.25, 0.3) is 0 Å². The van der Waals surface area contributed by atoms with Crippen LogP contribution in [0.15, 0.2) is 49.1 Å². The molecule has 0 aliphatic heterocycles. The van der Waals surface area contributed by atoms with Crippen molar-refractivity contribution in [2.45, 2.75) is 0 Å². The Labute approximate surface area is 144 Å². The molecule has 0 aliphatic rings. The number of ether oxygens (including phenoxy) is 3. The smallest absolute Gasteiger partial charge is 0.248 e. The van der Waals surface area contributed by atoms with Gasteiger partial charge in [-0.3, -0.25) is 4.98 Å². The van der Waals surface area contributed by atoms with E-state index in [-0.39, 0.29) is 11.6 Å². The van der Waals surface area contributed by atoms with Gasteiger partial charge in [0.05, 0.1) is 26.1 Å². The molecule has 8 heteroatoms. The summed E-state index contributed by atoms with van der Waals surface area (Å²) in [6, 6.07) is 8.88. The van der Waals surface area contributed by atoms with Crippen molar-refractivity contribution in [1.82, 2.24) is 15.0 Å². The van der Waals surface area contributed by atoms with Gasteiger partial charge >= 0.3 is 0 Å². The fourth-order valence-electron chi connectivity index (χ4n) is 2.11. The summed E-state index contributed by atoms with van der Waals surface area (Å²) >= 11 is 0. The first-order valence-corrected chi connectivity index (χ1v) is 7.38. The van der Waals surface area contributed by atoms with Gasteiger partial charge in [-0.25, -0.2) is 4.98 Å². The Kier molecular flexibility index (Phi) is 4.79. The van der Waals surface area contributed by atoms with Crippen LogP contribution in [0.2, 0.25) is 0 Å².